The number of aliphatic hydroxyl groups is 10. The Kier molecular flexibility index (Phi) is 18.0. The van der Waals surface area contributed by atoms with Gasteiger partial charge in [0, 0.05) is 42.6 Å². The molecule has 0 aromatic heterocycles. The number of rotatable bonds is 19. The van der Waals surface area contributed by atoms with Gasteiger partial charge in [-0.2, -0.15) is 0 Å². The van der Waals surface area contributed by atoms with E-state index in [1.807, 2.05) is 0 Å². The number of hydrogen-bond acceptors (Lipinski definition) is 21. The molecule has 21 nitrogen and oxygen atoms in total. The van der Waals surface area contributed by atoms with E-state index < -0.39 is 124 Å². The van der Waals surface area contributed by atoms with Gasteiger partial charge in [0.25, 0.3) is 0 Å². The molecule has 0 radical (unpaired) electrons. The summed E-state index contributed by atoms with van der Waals surface area (Å²) in [7, 11) is 0. The molecule has 14 atom stereocenters. The fraction of sp³-hybridized carbons (Fsp3) is 0.727. The molecule has 0 aliphatic carbocycles. The van der Waals surface area contributed by atoms with Gasteiger partial charge in [0.15, 0.2) is 18.7 Å². The summed E-state index contributed by atoms with van der Waals surface area (Å²) in [6.45, 7) is 7.60. The zero-order chi connectivity index (χ0) is 40.3. The van der Waals surface area contributed by atoms with E-state index in [2.05, 4.69) is 19.7 Å². The molecule has 3 rings (SSSR count). The molecule has 0 amide bonds. The lowest BCUT2D eigenvalue weighted by Gasteiger charge is -2.40. The van der Waals surface area contributed by atoms with Gasteiger partial charge < -0.3 is 89.0 Å². The van der Waals surface area contributed by atoms with E-state index in [1.54, 1.807) is 0 Å². The van der Waals surface area contributed by atoms with Crippen LogP contribution < -0.4 is 0 Å². The molecule has 0 saturated carbocycles. The fourth-order valence-electron chi connectivity index (χ4n) is 5.28. The summed E-state index contributed by atoms with van der Waals surface area (Å²) in [5.41, 5.74) is -0.299. The zero-order valence-corrected chi connectivity index (χ0v) is 29.2. The van der Waals surface area contributed by atoms with Gasteiger partial charge in [-0.25, -0.2) is 14.4 Å². The third-order valence-corrected chi connectivity index (χ3v) is 8.77. The van der Waals surface area contributed by atoms with Crippen LogP contribution in [-0.4, -0.2) is 201 Å². The SMILES string of the molecule is C=C(CCO)C(=O)OC[C@@H]1OC[C@H](OC(=O)C(=C)CCO[C@@H]2O[C@H](COC(=O)C(=C)CCO[C@@H]3O[C@H](CO)[C@@H](O)[C@H](O)[C@H]3O)[C@@H](O)[C@H](O)[C@H]2O)[C@@H](O)[C@@H]1O. The highest BCUT2D eigenvalue weighted by molar-refractivity contribution is 5.88. The van der Waals surface area contributed by atoms with Gasteiger partial charge >= 0.3 is 17.9 Å². The molecule has 10 N–H and O–H groups in total. The van der Waals surface area contributed by atoms with E-state index in [0.29, 0.717) is 0 Å². The highest BCUT2D eigenvalue weighted by atomic mass is 16.7. The fourth-order valence-corrected chi connectivity index (χ4v) is 5.28. The third-order valence-electron chi connectivity index (χ3n) is 8.77. The maximum absolute atomic E-state index is 12.6. The molecule has 0 spiro atoms. The molecule has 3 aliphatic heterocycles. The zero-order valence-electron chi connectivity index (χ0n) is 29.2. The Labute approximate surface area is 309 Å². The monoisotopic (exact) mass is 782 g/mol. The molecule has 3 aliphatic rings. The van der Waals surface area contributed by atoms with Crippen molar-refractivity contribution in [3.63, 3.8) is 0 Å². The van der Waals surface area contributed by atoms with Gasteiger partial charge in [0.1, 0.15) is 80.4 Å². The minimum Gasteiger partial charge on any atom is -0.459 e. The van der Waals surface area contributed by atoms with Crippen molar-refractivity contribution in [2.45, 2.75) is 105 Å². The predicted molar refractivity (Wildman–Crippen MR) is 174 cm³/mol. The maximum atomic E-state index is 12.6. The lowest BCUT2D eigenvalue weighted by molar-refractivity contribution is -0.301. The second-order valence-electron chi connectivity index (χ2n) is 12.7. The van der Waals surface area contributed by atoms with E-state index in [-0.39, 0.29) is 62.4 Å². The number of hydrogen-bond donors (Lipinski definition) is 10. The smallest absolute Gasteiger partial charge is 0.333 e. The number of esters is 3. The predicted octanol–water partition coefficient (Wildman–Crippen LogP) is -5.42. The highest BCUT2D eigenvalue weighted by Crippen LogP contribution is 2.25. The van der Waals surface area contributed by atoms with Crippen molar-refractivity contribution in [3.8, 4) is 0 Å². The Balaban J connectivity index is 1.39. The maximum Gasteiger partial charge on any atom is 0.333 e. The molecule has 308 valence electrons. The Hall–Kier alpha value is -2.97. The molecule has 3 saturated heterocycles. The molecule has 3 heterocycles. The van der Waals surface area contributed by atoms with Crippen LogP contribution in [-0.2, 0) is 52.3 Å². The summed E-state index contributed by atoms with van der Waals surface area (Å²) < 4.78 is 42.1. The third kappa shape index (κ3) is 12.0. The van der Waals surface area contributed by atoms with Gasteiger partial charge in [-0.3, -0.25) is 0 Å². The first kappa shape index (κ1) is 45.4. The number of aliphatic hydroxyl groups excluding tert-OH is 10. The van der Waals surface area contributed by atoms with Crippen LogP contribution in [0.1, 0.15) is 19.3 Å². The van der Waals surface area contributed by atoms with Crippen LogP contribution >= 0.6 is 0 Å². The minimum atomic E-state index is -1.80. The number of carbonyl (C=O) groups excluding carboxylic acids is 3. The van der Waals surface area contributed by atoms with Crippen LogP contribution in [0.2, 0.25) is 0 Å². The lowest BCUT2D eigenvalue weighted by atomic mass is 9.99. The van der Waals surface area contributed by atoms with Gasteiger partial charge in [0.2, 0.25) is 0 Å². The van der Waals surface area contributed by atoms with Crippen molar-refractivity contribution in [1.29, 1.82) is 0 Å². The van der Waals surface area contributed by atoms with Crippen LogP contribution in [0.25, 0.3) is 0 Å². The number of carbonyl (C=O) groups is 3. The quantitative estimate of drug-likeness (QED) is 0.0332. The van der Waals surface area contributed by atoms with Crippen molar-refractivity contribution in [1.82, 2.24) is 0 Å². The summed E-state index contributed by atoms with van der Waals surface area (Å²) in [4.78, 5) is 37.0. The largest absolute Gasteiger partial charge is 0.459 e. The van der Waals surface area contributed by atoms with Gasteiger partial charge in [-0.05, 0) is 0 Å². The molecule has 0 unspecified atom stereocenters. The van der Waals surface area contributed by atoms with Crippen LogP contribution in [0.15, 0.2) is 36.5 Å². The van der Waals surface area contributed by atoms with E-state index in [0.717, 1.165) is 0 Å². The summed E-state index contributed by atoms with van der Waals surface area (Å²) in [5, 5.41) is 99.9. The Morgan fingerprint density at radius 1 is 0.556 bits per heavy atom. The second kappa shape index (κ2) is 21.4. The molecule has 0 bridgehead atoms. The van der Waals surface area contributed by atoms with Crippen molar-refractivity contribution >= 4 is 17.9 Å². The van der Waals surface area contributed by atoms with Crippen molar-refractivity contribution in [2.24, 2.45) is 0 Å². The number of ether oxygens (including phenoxy) is 8. The van der Waals surface area contributed by atoms with Gasteiger partial charge in [-0.15, -0.1) is 0 Å². The second-order valence-corrected chi connectivity index (χ2v) is 12.7. The first-order chi connectivity index (χ1) is 25.5. The molecule has 3 fully saturated rings. The van der Waals surface area contributed by atoms with E-state index in [1.165, 1.54) is 0 Å². The highest BCUT2D eigenvalue weighted by Gasteiger charge is 2.46. The normalized spacial score (nSPS) is 35.4. The van der Waals surface area contributed by atoms with Crippen molar-refractivity contribution in [3.05, 3.63) is 36.5 Å². The van der Waals surface area contributed by atoms with Crippen LogP contribution in [0.5, 0.6) is 0 Å². The van der Waals surface area contributed by atoms with Crippen LogP contribution in [0, 0.1) is 0 Å². The van der Waals surface area contributed by atoms with E-state index in [4.69, 9.17) is 43.0 Å². The molecule has 21 heteroatoms. The first-order valence-electron chi connectivity index (χ1n) is 16.9. The summed E-state index contributed by atoms with van der Waals surface area (Å²) in [5.74, 6) is -2.78. The van der Waals surface area contributed by atoms with E-state index >= 15 is 0 Å². The Morgan fingerprint density at radius 2 is 1.00 bits per heavy atom. The van der Waals surface area contributed by atoms with Gasteiger partial charge in [-0.1, -0.05) is 19.7 Å². The standard InChI is InChI=1S/C33H50O21/c1-14(4-7-34)29(44)50-11-18-22(37)23(38)19(12-49-18)52-31(46)16(3)6-9-48-33-28(43)26(41)24(39)20(54-33)13-51-30(45)15(2)5-8-47-32-27(42)25(40)21(36)17(10-35)53-32/h17-28,32-43H,1-13H2/t17-,18+,19+,20-,21-,22-,23-,24-,25+,26+,27-,28-,32-,33-/m1/s1. The Bertz CT molecular complexity index is 1290. The van der Waals surface area contributed by atoms with Crippen molar-refractivity contribution in [2.75, 3.05) is 46.2 Å². The average Bonchev–Trinajstić information content (AvgIpc) is 3.15. The molecule has 0 aromatic rings. The minimum absolute atomic E-state index is 0.000700. The molecule has 0 aromatic carbocycles. The average molecular weight is 783 g/mol. The lowest BCUT2D eigenvalue weighted by Crippen LogP contribution is -2.59. The van der Waals surface area contributed by atoms with Crippen molar-refractivity contribution < 1.29 is 103 Å². The van der Waals surface area contributed by atoms with E-state index in [9.17, 15) is 60.3 Å². The summed E-state index contributed by atoms with van der Waals surface area (Å²) in [6.07, 6.45) is -21.8. The van der Waals surface area contributed by atoms with Gasteiger partial charge in [0.05, 0.1) is 26.4 Å². The molecule has 54 heavy (non-hydrogen) atoms. The summed E-state index contributed by atoms with van der Waals surface area (Å²) >= 11 is 0. The van der Waals surface area contributed by atoms with Crippen LogP contribution in [0.4, 0.5) is 0 Å². The first-order valence-corrected chi connectivity index (χ1v) is 16.9. The summed E-state index contributed by atoms with van der Waals surface area (Å²) in [6, 6.07) is 0. The molecular formula is C33H50O21. The molecular weight excluding hydrogens is 732 g/mol. The Morgan fingerprint density at radius 3 is 1.52 bits per heavy atom. The topological polar surface area (TPSA) is 327 Å². The van der Waals surface area contributed by atoms with Crippen LogP contribution in [0.3, 0.4) is 0 Å².